The molecule has 0 saturated carbocycles. The van der Waals surface area contributed by atoms with Crippen molar-refractivity contribution in [2.24, 2.45) is 0 Å². The normalized spacial score (nSPS) is 12.3. The number of rotatable bonds is 7. The lowest BCUT2D eigenvalue weighted by Gasteiger charge is -2.23. The Morgan fingerprint density at radius 3 is 2.27 bits per heavy atom. The van der Waals surface area contributed by atoms with Crippen molar-refractivity contribution < 1.29 is 10.2 Å². The van der Waals surface area contributed by atoms with Crippen LogP contribution in [-0.2, 0) is 6.42 Å². The maximum absolute atomic E-state index is 10.4. The van der Waals surface area contributed by atoms with Crippen LogP contribution in [0.3, 0.4) is 0 Å². The van der Waals surface area contributed by atoms with E-state index in [1.165, 1.54) is 6.42 Å². The average Bonchev–Trinajstić information content (AvgIpc) is 2.53. The second kappa shape index (κ2) is 7.88. The Hall–Kier alpha value is -1.96. The van der Waals surface area contributed by atoms with Crippen molar-refractivity contribution >= 4 is 0 Å². The monoisotopic (exact) mass is 298 g/mol. The summed E-state index contributed by atoms with van der Waals surface area (Å²) < 4.78 is 0. The molecule has 0 aliphatic carbocycles. The van der Waals surface area contributed by atoms with E-state index in [-0.39, 0.29) is 5.92 Å². The summed E-state index contributed by atoms with van der Waals surface area (Å²) in [6, 6.07) is 13.2. The Balaban J connectivity index is 2.47. The maximum Gasteiger partial charge on any atom is 0.119 e. The van der Waals surface area contributed by atoms with E-state index in [1.54, 1.807) is 12.1 Å². The largest absolute Gasteiger partial charge is 0.508 e. The summed E-state index contributed by atoms with van der Waals surface area (Å²) in [4.78, 5) is 0. The van der Waals surface area contributed by atoms with E-state index < -0.39 is 0 Å². The zero-order valence-corrected chi connectivity index (χ0v) is 13.5. The predicted molar refractivity (Wildman–Crippen MR) is 91.6 cm³/mol. The van der Waals surface area contributed by atoms with Gasteiger partial charge in [-0.25, -0.2) is 0 Å². The molecule has 0 aromatic heterocycles. The van der Waals surface area contributed by atoms with E-state index in [9.17, 15) is 10.2 Å². The number of para-hydroxylation sites is 1. The maximum atomic E-state index is 10.4. The van der Waals surface area contributed by atoms with Gasteiger partial charge in [-0.3, -0.25) is 0 Å². The average molecular weight is 298 g/mol. The van der Waals surface area contributed by atoms with Gasteiger partial charge in [0.05, 0.1) is 0 Å². The molecule has 2 aromatic rings. The van der Waals surface area contributed by atoms with Gasteiger partial charge in [0.1, 0.15) is 11.5 Å². The van der Waals surface area contributed by atoms with Gasteiger partial charge < -0.3 is 10.2 Å². The number of benzene rings is 2. The van der Waals surface area contributed by atoms with Crippen LogP contribution in [0.4, 0.5) is 0 Å². The summed E-state index contributed by atoms with van der Waals surface area (Å²) in [6.07, 6.45) is 5.23. The Morgan fingerprint density at radius 2 is 1.59 bits per heavy atom. The second-order valence-electron chi connectivity index (χ2n) is 5.81. The SMILES string of the molecule is CCCCCC(c1ccccc1O)c1c(O)cccc1CC. The Morgan fingerprint density at radius 1 is 0.864 bits per heavy atom. The van der Waals surface area contributed by atoms with Crippen molar-refractivity contribution in [3.05, 3.63) is 59.2 Å². The third-order valence-corrected chi connectivity index (χ3v) is 4.31. The van der Waals surface area contributed by atoms with E-state index in [1.807, 2.05) is 24.3 Å². The topological polar surface area (TPSA) is 40.5 Å². The van der Waals surface area contributed by atoms with Crippen LogP contribution < -0.4 is 0 Å². The van der Waals surface area contributed by atoms with Gasteiger partial charge in [0.2, 0.25) is 0 Å². The lowest BCUT2D eigenvalue weighted by atomic mass is 9.82. The highest BCUT2D eigenvalue weighted by Crippen LogP contribution is 2.40. The van der Waals surface area contributed by atoms with Crippen LogP contribution in [0.25, 0.3) is 0 Å². The lowest BCUT2D eigenvalue weighted by Crippen LogP contribution is -2.06. The zero-order valence-electron chi connectivity index (χ0n) is 13.5. The molecule has 0 saturated heterocycles. The first kappa shape index (κ1) is 16.4. The number of phenols is 2. The van der Waals surface area contributed by atoms with E-state index in [2.05, 4.69) is 19.9 Å². The first-order chi connectivity index (χ1) is 10.7. The molecule has 1 unspecified atom stereocenters. The van der Waals surface area contributed by atoms with Crippen LogP contribution >= 0.6 is 0 Å². The molecule has 0 bridgehead atoms. The third-order valence-electron chi connectivity index (χ3n) is 4.31. The Labute approximate surface area is 133 Å². The number of aryl methyl sites for hydroxylation is 1. The fraction of sp³-hybridized carbons (Fsp3) is 0.400. The molecule has 2 aromatic carbocycles. The Kier molecular flexibility index (Phi) is 5.88. The van der Waals surface area contributed by atoms with Crippen molar-refractivity contribution in [3.63, 3.8) is 0 Å². The molecule has 0 radical (unpaired) electrons. The molecule has 22 heavy (non-hydrogen) atoms. The predicted octanol–water partition coefficient (Wildman–Crippen LogP) is 5.37. The molecule has 2 N–H and O–H groups in total. The lowest BCUT2D eigenvalue weighted by molar-refractivity contribution is 0.447. The highest BCUT2D eigenvalue weighted by Gasteiger charge is 2.22. The van der Waals surface area contributed by atoms with Gasteiger partial charge in [-0.2, -0.15) is 0 Å². The highest BCUT2D eigenvalue weighted by molar-refractivity contribution is 5.49. The van der Waals surface area contributed by atoms with Crippen molar-refractivity contribution in [3.8, 4) is 11.5 Å². The third kappa shape index (κ3) is 3.62. The van der Waals surface area contributed by atoms with Crippen LogP contribution in [-0.4, -0.2) is 10.2 Å². The summed E-state index contributed by atoms with van der Waals surface area (Å²) in [7, 11) is 0. The van der Waals surface area contributed by atoms with Crippen LogP contribution in [0.2, 0.25) is 0 Å². The summed E-state index contributed by atoms with van der Waals surface area (Å²) in [5.41, 5.74) is 3.04. The molecule has 0 heterocycles. The smallest absolute Gasteiger partial charge is 0.119 e. The summed E-state index contributed by atoms with van der Waals surface area (Å²) >= 11 is 0. The molecule has 0 spiro atoms. The van der Waals surface area contributed by atoms with E-state index in [0.717, 1.165) is 42.4 Å². The molecule has 118 valence electrons. The van der Waals surface area contributed by atoms with Gasteiger partial charge >= 0.3 is 0 Å². The molecule has 1 atom stereocenters. The second-order valence-corrected chi connectivity index (χ2v) is 5.81. The number of hydrogen-bond acceptors (Lipinski definition) is 2. The first-order valence-corrected chi connectivity index (χ1v) is 8.27. The van der Waals surface area contributed by atoms with Gasteiger partial charge in [0.15, 0.2) is 0 Å². The van der Waals surface area contributed by atoms with Gasteiger partial charge in [0.25, 0.3) is 0 Å². The first-order valence-electron chi connectivity index (χ1n) is 8.27. The molecule has 0 aliphatic rings. The zero-order chi connectivity index (χ0) is 15.9. The van der Waals surface area contributed by atoms with Gasteiger partial charge in [0, 0.05) is 17.0 Å². The van der Waals surface area contributed by atoms with Crippen molar-refractivity contribution in [2.45, 2.75) is 51.9 Å². The summed E-state index contributed by atoms with van der Waals surface area (Å²) in [5, 5.41) is 20.7. The molecule has 2 heteroatoms. The quantitative estimate of drug-likeness (QED) is 0.674. The minimum atomic E-state index is 0.0453. The van der Waals surface area contributed by atoms with Gasteiger partial charge in [-0.15, -0.1) is 0 Å². The van der Waals surface area contributed by atoms with Crippen LogP contribution in [0.1, 0.15) is 62.1 Å². The molecule has 0 aliphatic heterocycles. The fourth-order valence-electron chi connectivity index (χ4n) is 3.15. The van der Waals surface area contributed by atoms with Crippen molar-refractivity contribution in [1.82, 2.24) is 0 Å². The van der Waals surface area contributed by atoms with E-state index >= 15 is 0 Å². The van der Waals surface area contributed by atoms with Crippen LogP contribution in [0.5, 0.6) is 11.5 Å². The molecular formula is C20H26O2. The molecule has 0 amide bonds. The van der Waals surface area contributed by atoms with Gasteiger partial charge in [-0.05, 0) is 30.5 Å². The fourth-order valence-corrected chi connectivity index (χ4v) is 3.15. The Bertz CT molecular complexity index is 604. The molecule has 2 nitrogen and oxygen atoms in total. The van der Waals surface area contributed by atoms with Crippen molar-refractivity contribution in [2.75, 3.05) is 0 Å². The standard InChI is InChI=1S/C20H26O2/c1-3-5-6-12-17(16-11-7-8-13-18(16)21)20-15(4-2)10-9-14-19(20)22/h7-11,13-14,17,21-22H,3-6,12H2,1-2H3. The van der Waals surface area contributed by atoms with Gasteiger partial charge in [-0.1, -0.05) is 63.4 Å². The summed E-state index contributed by atoms with van der Waals surface area (Å²) in [5.74, 6) is 0.697. The number of hydrogen-bond donors (Lipinski definition) is 2. The van der Waals surface area contributed by atoms with Crippen LogP contribution in [0.15, 0.2) is 42.5 Å². The van der Waals surface area contributed by atoms with Crippen molar-refractivity contribution in [1.29, 1.82) is 0 Å². The molecule has 2 rings (SSSR count). The molecule has 0 fully saturated rings. The number of unbranched alkanes of at least 4 members (excludes halogenated alkanes) is 2. The summed E-state index contributed by atoms with van der Waals surface area (Å²) in [6.45, 7) is 4.29. The number of aromatic hydroxyl groups is 2. The van der Waals surface area contributed by atoms with Crippen LogP contribution in [0, 0.1) is 0 Å². The highest BCUT2D eigenvalue weighted by atomic mass is 16.3. The number of phenolic OH excluding ortho intramolecular Hbond substituents is 2. The van der Waals surface area contributed by atoms with E-state index in [4.69, 9.17) is 0 Å². The molecular weight excluding hydrogens is 272 g/mol. The minimum absolute atomic E-state index is 0.0453. The van der Waals surface area contributed by atoms with E-state index in [0.29, 0.717) is 11.5 Å². The minimum Gasteiger partial charge on any atom is -0.508 e.